The summed E-state index contributed by atoms with van der Waals surface area (Å²) in [5.41, 5.74) is -2.24. The minimum absolute atomic E-state index is 0.00909. The lowest BCUT2D eigenvalue weighted by Gasteiger charge is -2.28. The summed E-state index contributed by atoms with van der Waals surface area (Å²) in [6.07, 6.45) is -2.40. The van der Waals surface area contributed by atoms with Crippen LogP contribution in [0.2, 0.25) is 5.02 Å². The van der Waals surface area contributed by atoms with Crippen molar-refractivity contribution in [1.82, 2.24) is 24.5 Å². The van der Waals surface area contributed by atoms with E-state index in [-0.39, 0.29) is 51.3 Å². The molecule has 3 heterocycles. The highest BCUT2D eigenvalue weighted by atomic mass is 35.5. The molecule has 1 saturated carbocycles. The third-order valence-electron chi connectivity index (χ3n) is 8.73. The molecule has 47 heavy (non-hydrogen) atoms. The molecule has 0 unspecified atom stereocenters. The summed E-state index contributed by atoms with van der Waals surface area (Å²) < 4.78 is 71.6. The van der Waals surface area contributed by atoms with Gasteiger partial charge in [-0.05, 0) is 61.9 Å². The monoisotopic (exact) mass is 670 g/mol. The molecule has 6 rings (SSSR count). The minimum Gasteiger partial charge on any atom is -0.382 e. The van der Waals surface area contributed by atoms with Crippen LogP contribution >= 0.6 is 11.6 Å². The number of nitriles is 1. The highest BCUT2D eigenvalue weighted by molar-refractivity contribution is 6.35. The molecule has 1 fully saturated rings. The Morgan fingerprint density at radius 2 is 1.87 bits per heavy atom. The van der Waals surface area contributed by atoms with Crippen molar-refractivity contribution in [3.05, 3.63) is 87.2 Å². The number of benzene rings is 2. The Morgan fingerprint density at radius 3 is 2.53 bits per heavy atom. The van der Waals surface area contributed by atoms with Gasteiger partial charge >= 0.3 is 6.18 Å². The second-order valence-corrected chi connectivity index (χ2v) is 12.8. The van der Waals surface area contributed by atoms with Crippen LogP contribution in [0.3, 0.4) is 0 Å². The quantitative estimate of drug-likeness (QED) is 0.160. The van der Waals surface area contributed by atoms with E-state index < -0.39 is 36.1 Å². The van der Waals surface area contributed by atoms with Crippen LogP contribution in [-0.2, 0) is 12.6 Å². The van der Waals surface area contributed by atoms with E-state index >= 15 is 0 Å². The van der Waals surface area contributed by atoms with Crippen molar-refractivity contribution in [2.24, 2.45) is 12.5 Å². The molecule has 2 N–H and O–H groups in total. The van der Waals surface area contributed by atoms with Gasteiger partial charge in [0.05, 0.1) is 39.4 Å². The number of anilines is 2. The van der Waals surface area contributed by atoms with Crippen molar-refractivity contribution in [2.75, 3.05) is 17.2 Å². The summed E-state index contributed by atoms with van der Waals surface area (Å²) in [5.74, 6) is 0. The fourth-order valence-corrected chi connectivity index (χ4v) is 5.73. The average molecular weight is 671 g/mol. The Balaban J connectivity index is 1.49. The number of hydrogen-bond acceptors (Lipinski definition) is 7. The largest absolute Gasteiger partial charge is 0.395 e. The highest BCUT2D eigenvalue weighted by Crippen LogP contribution is 2.48. The zero-order valence-electron chi connectivity index (χ0n) is 25.3. The SMILES string of the molecule is Cn1ccc2c([C@H](Nc3cc(Cl)c4ncc(C#N)c(NCC(C)(C)C(F)(F)F)c4c3)c3cn(C4(C(F)F)CC4)nn3)cccc2c1=O. The number of aryl methyl sites for hydroxylation is 1. The van der Waals surface area contributed by atoms with Gasteiger partial charge in [0.2, 0.25) is 0 Å². The normalized spacial score (nSPS) is 15.2. The van der Waals surface area contributed by atoms with Crippen LogP contribution < -0.4 is 16.2 Å². The molecule has 0 amide bonds. The molecular weight excluding hydrogens is 643 g/mol. The molecule has 2 aromatic carbocycles. The van der Waals surface area contributed by atoms with E-state index in [0.29, 0.717) is 22.0 Å². The maximum atomic E-state index is 14.0. The van der Waals surface area contributed by atoms with Crippen LogP contribution in [0.4, 0.5) is 33.3 Å². The Hall–Kier alpha value is -4.77. The van der Waals surface area contributed by atoms with Gasteiger partial charge in [-0.3, -0.25) is 9.78 Å². The fourth-order valence-electron chi connectivity index (χ4n) is 5.46. The first-order valence-electron chi connectivity index (χ1n) is 14.6. The molecule has 0 spiro atoms. The third-order valence-corrected chi connectivity index (χ3v) is 9.02. The van der Waals surface area contributed by atoms with Crippen molar-refractivity contribution < 1.29 is 22.0 Å². The first-order valence-corrected chi connectivity index (χ1v) is 14.9. The number of halogens is 6. The first kappa shape index (κ1) is 32.2. The Kier molecular flexibility index (Phi) is 7.86. The highest BCUT2D eigenvalue weighted by Gasteiger charge is 2.54. The standard InChI is InChI=1S/C32H28ClF5N8O/c1-30(2,32(36,37)38)16-41-25-17(13-39)14-40-26-22(25)11-18(12-23(26)33)42-27(24-15-46(44-43-24)31(8-9-31)29(34)35)20-5-4-6-21-19(20)7-10-45(3)28(21)47/h4-7,10-12,14-15,27,29,42H,8-9,16H2,1-3H3,(H,40,41)/t27-/m0/s1. The molecule has 0 radical (unpaired) electrons. The van der Waals surface area contributed by atoms with Gasteiger partial charge in [-0.15, -0.1) is 5.10 Å². The van der Waals surface area contributed by atoms with E-state index in [9.17, 15) is 32.0 Å². The van der Waals surface area contributed by atoms with Crippen LogP contribution in [-0.4, -0.2) is 43.7 Å². The zero-order valence-corrected chi connectivity index (χ0v) is 26.1. The predicted octanol–water partition coefficient (Wildman–Crippen LogP) is 7.16. The van der Waals surface area contributed by atoms with Crippen LogP contribution in [0, 0.1) is 16.7 Å². The molecule has 0 bridgehead atoms. The zero-order chi connectivity index (χ0) is 33.9. The topological polar surface area (TPSA) is 113 Å². The molecule has 0 saturated heterocycles. The summed E-state index contributed by atoms with van der Waals surface area (Å²) in [4.78, 5) is 17.3. The van der Waals surface area contributed by atoms with E-state index in [0.717, 1.165) is 13.8 Å². The number of rotatable bonds is 9. The lowest BCUT2D eigenvalue weighted by Crippen LogP contribution is -2.38. The van der Waals surface area contributed by atoms with Crippen LogP contribution in [0.25, 0.3) is 21.7 Å². The molecule has 244 valence electrons. The molecule has 15 heteroatoms. The minimum atomic E-state index is -4.52. The van der Waals surface area contributed by atoms with Gasteiger partial charge in [0.15, 0.2) is 0 Å². The predicted molar refractivity (Wildman–Crippen MR) is 168 cm³/mol. The second kappa shape index (κ2) is 11.5. The molecule has 9 nitrogen and oxygen atoms in total. The average Bonchev–Trinajstić information content (AvgIpc) is 3.70. The number of fused-ring (bicyclic) bond motifs is 2. The molecule has 1 aliphatic carbocycles. The number of alkyl halides is 5. The van der Waals surface area contributed by atoms with Gasteiger partial charge in [0.25, 0.3) is 12.0 Å². The summed E-state index contributed by atoms with van der Waals surface area (Å²) in [6, 6.07) is 11.1. The number of nitrogens with zero attached hydrogens (tertiary/aromatic N) is 6. The molecule has 5 aromatic rings. The summed E-state index contributed by atoms with van der Waals surface area (Å²) in [7, 11) is 1.62. The Labute approximate surface area is 270 Å². The maximum absolute atomic E-state index is 14.0. The van der Waals surface area contributed by atoms with Gasteiger partial charge in [0, 0.05) is 42.4 Å². The van der Waals surface area contributed by atoms with Gasteiger partial charge < -0.3 is 15.2 Å². The van der Waals surface area contributed by atoms with E-state index in [1.54, 1.807) is 49.6 Å². The summed E-state index contributed by atoms with van der Waals surface area (Å²) in [6.45, 7) is 1.55. The maximum Gasteiger partial charge on any atom is 0.395 e. The number of nitrogens with one attached hydrogen (secondary N) is 2. The van der Waals surface area contributed by atoms with E-state index in [2.05, 4.69) is 25.9 Å². The Morgan fingerprint density at radius 1 is 1.13 bits per heavy atom. The fraction of sp³-hybridized carbons (Fsp3) is 0.344. The molecule has 1 atom stereocenters. The lowest BCUT2D eigenvalue weighted by atomic mass is 9.92. The van der Waals surface area contributed by atoms with Gasteiger partial charge in [-0.2, -0.15) is 18.4 Å². The summed E-state index contributed by atoms with van der Waals surface area (Å²) in [5, 5.41) is 25.6. The molecule has 3 aromatic heterocycles. The Bertz CT molecular complexity index is 2110. The number of pyridine rings is 2. The van der Waals surface area contributed by atoms with Crippen molar-refractivity contribution in [3.63, 3.8) is 0 Å². The molecule has 0 aliphatic heterocycles. The first-order chi connectivity index (χ1) is 22.2. The second-order valence-electron chi connectivity index (χ2n) is 12.4. The van der Waals surface area contributed by atoms with Crippen LogP contribution in [0.15, 0.2) is 59.8 Å². The van der Waals surface area contributed by atoms with Crippen molar-refractivity contribution in [1.29, 1.82) is 5.26 Å². The third kappa shape index (κ3) is 5.62. The van der Waals surface area contributed by atoms with Crippen molar-refractivity contribution in [2.45, 2.75) is 50.9 Å². The van der Waals surface area contributed by atoms with Crippen LogP contribution in [0.1, 0.15) is 49.6 Å². The summed E-state index contributed by atoms with van der Waals surface area (Å²) >= 11 is 6.66. The van der Waals surface area contributed by atoms with E-state index in [4.69, 9.17) is 11.6 Å². The number of hydrogen-bond donors (Lipinski definition) is 2. The smallest absolute Gasteiger partial charge is 0.382 e. The van der Waals surface area contributed by atoms with Crippen molar-refractivity contribution in [3.8, 4) is 6.07 Å². The van der Waals surface area contributed by atoms with E-state index in [1.165, 1.54) is 21.6 Å². The van der Waals surface area contributed by atoms with Crippen molar-refractivity contribution >= 4 is 44.7 Å². The van der Waals surface area contributed by atoms with Gasteiger partial charge in [0.1, 0.15) is 17.3 Å². The number of aromatic nitrogens is 5. The lowest BCUT2D eigenvalue weighted by molar-refractivity contribution is -0.206. The van der Waals surface area contributed by atoms with E-state index in [1.807, 2.05) is 6.07 Å². The van der Waals surface area contributed by atoms with Gasteiger partial charge in [-0.25, -0.2) is 13.5 Å². The molecular formula is C32H28ClF5N8O. The van der Waals surface area contributed by atoms with Crippen LogP contribution in [0.5, 0.6) is 0 Å². The van der Waals surface area contributed by atoms with Gasteiger partial charge in [-0.1, -0.05) is 28.9 Å². The molecule has 1 aliphatic rings.